The summed E-state index contributed by atoms with van der Waals surface area (Å²) >= 11 is 1.52. The molecular weight excluding hydrogens is 353 g/mol. The number of halogens is 3. The zero-order valence-electron chi connectivity index (χ0n) is 9.83. The van der Waals surface area contributed by atoms with Crippen LogP contribution < -0.4 is 0 Å². The van der Waals surface area contributed by atoms with Crippen LogP contribution in [-0.2, 0) is 16.0 Å². The Bertz CT molecular complexity index is 428. The molecule has 0 saturated carbocycles. The predicted molar refractivity (Wildman–Crippen MR) is 73.6 cm³/mol. The Balaban J connectivity index is 2.68. The van der Waals surface area contributed by atoms with Crippen molar-refractivity contribution in [3.8, 4) is 0 Å². The van der Waals surface area contributed by atoms with Crippen LogP contribution in [0.25, 0.3) is 0 Å². The highest BCUT2D eigenvalue weighted by Gasteiger charge is 2.20. The Morgan fingerprint density at radius 1 is 1.33 bits per heavy atom. The van der Waals surface area contributed by atoms with E-state index in [0.717, 1.165) is 5.56 Å². The van der Waals surface area contributed by atoms with Crippen LogP contribution in [0.2, 0.25) is 0 Å². The van der Waals surface area contributed by atoms with Gasteiger partial charge in [-0.3, -0.25) is 4.79 Å². The first-order chi connectivity index (χ1) is 8.50. The number of carbonyl (C=O) groups excluding carboxylic acids is 1. The quantitative estimate of drug-likeness (QED) is 0.580. The largest absolute Gasteiger partial charge is 0.457 e. The van der Waals surface area contributed by atoms with Crippen molar-refractivity contribution in [3.05, 3.63) is 45.6 Å². The Kier molecular flexibility index (Phi) is 6.24. The van der Waals surface area contributed by atoms with Gasteiger partial charge in [0.15, 0.2) is 0 Å². The molecule has 0 bridgehead atoms. The highest BCUT2D eigenvalue weighted by molar-refractivity contribution is 14.1. The summed E-state index contributed by atoms with van der Waals surface area (Å²) in [6.45, 7) is 1.22. The van der Waals surface area contributed by atoms with Gasteiger partial charge in [0.05, 0.1) is 3.58 Å². The second kappa shape index (κ2) is 7.45. The molecule has 0 aliphatic heterocycles. The van der Waals surface area contributed by atoms with Gasteiger partial charge in [-0.1, -0.05) is 30.3 Å². The van der Waals surface area contributed by atoms with E-state index >= 15 is 0 Å². The maximum absolute atomic E-state index is 12.5. The second-order valence-electron chi connectivity index (χ2n) is 3.73. The lowest BCUT2D eigenvalue weighted by molar-refractivity contribution is -0.144. The molecule has 1 rings (SSSR count). The average Bonchev–Trinajstić information content (AvgIpc) is 2.34. The molecule has 0 fully saturated rings. The highest BCUT2D eigenvalue weighted by Crippen LogP contribution is 2.25. The summed E-state index contributed by atoms with van der Waals surface area (Å²) in [4.78, 5) is 10.9. The van der Waals surface area contributed by atoms with Crippen molar-refractivity contribution >= 4 is 28.6 Å². The molecule has 0 radical (unpaired) electrons. The van der Waals surface area contributed by atoms with E-state index in [1.807, 2.05) is 30.3 Å². The van der Waals surface area contributed by atoms with Crippen molar-refractivity contribution in [2.45, 2.75) is 25.9 Å². The van der Waals surface area contributed by atoms with Crippen molar-refractivity contribution in [1.29, 1.82) is 0 Å². The summed E-state index contributed by atoms with van der Waals surface area (Å²) in [7, 11) is 0. The lowest BCUT2D eigenvalue weighted by Gasteiger charge is -2.16. The van der Waals surface area contributed by atoms with Gasteiger partial charge in [-0.25, -0.2) is 0 Å². The Morgan fingerprint density at radius 3 is 2.44 bits per heavy atom. The van der Waals surface area contributed by atoms with E-state index in [4.69, 9.17) is 4.74 Å². The van der Waals surface area contributed by atoms with Crippen LogP contribution in [0.4, 0.5) is 8.78 Å². The van der Waals surface area contributed by atoms with Crippen LogP contribution in [0.3, 0.4) is 0 Å². The van der Waals surface area contributed by atoms with E-state index in [0.29, 0.717) is 12.8 Å². The van der Waals surface area contributed by atoms with Gasteiger partial charge in [-0.15, -0.1) is 0 Å². The van der Waals surface area contributed by atoms with E-state index in [1.165, 1.54) is 29.5 Å². The summed E-state index contributed by atoms with van der Waals surface area (Å²) in [5.74, 6) is -0.552. The highest BCUT2D eigenvalue weighted by atomic mass is 127. The van der Waals surface area contributed by atoms with Crippen LogP contribution in [0.15, 0.2) is 40.0 Å². The third-order valence-electron chi connectivity index (χ3n) is 2.31. The molecule has 0 saturated heterocycles. The second-order valence-corrected chi connectivity index (χ2v) is 4.89. The molecule has 0 aliphatic rings. The molecule has 5 heteroatoms. The maximum Gasteiger partial charge on any atom is 0.303 e. The molecule has 1 unspecified atom stereocenters. The first kappa shape index (κ1) is 15.1. The Labute approximate surface area is 118 Å². The first-order valence-electron chi connectivity index (χ1n) is 5.42. The molecule has 2 nitrogen and oxygen atoms in total. The van der Waals surface area contributed by atoms with Crippen molar-refractivity contribution in [1.82, 2.24) is 0 Å². The topological polar surface area (TPSA) is 26.3 Å². The number of benzene rings is 1. The molecule has 1 aromatic carbocycles. The van der Waals surface area contributed by atoms with Crippen molar-refractivity contribution < 1.29 is 18.3 Å². The van der Waals surface area contributed by atoms with Crippen LogP contribution >= 0.6 is 22.6 Å². The minimum Gasteiger partial charge on any atom is -0.457 e. The third kappa shape index (κ3) is 5.12. The molecule has 0 spiro atoms. The summed E-state index contributed by atoms with van der Waals surface area (Å²) in [5.41, 5.74) is 1.03. The summed E-state index contributed by atoms with van der Waals surface area (Å²) in [6, 6.07) is 9.47. The zero-order valence-corrected chi connectivity index (χ0v) is 12.0. The summed E-state index contributed by atoms with van der Waals surface area (Å²) < 4.78 is 29.8. The maximum atomic E-state index is 12.5. The Hall–Kier alpha value is -0.980. The van der Waals surface area contributed by atoms with Gasteiger partial charge >= 0.3 is 5.97 Å². The van der Waals surface area contributed by atoms with Crippen molar-refractivity contribution in [3.63, 3.8) is 0 Å². The van der Waals surface area contributed by atoms with Gasteiger partial charge in [-0.05, 0) is 41.0 Å². The van der Waals surface area contributed by atoms with Gasteiger partial charge in [-0.2, -0.15) is 8.78 Å². The van der Waals surface area contributed by atoms with Gasteiger partial charge in [0.1, 0.15) is 6.10 Å². The SMILES string of the molecule is CC(=O)OC(CCc1ccccc1)C(I)=C(F)F. The number of rotatable bonds is 5. The number of carbonyl (C=O) groups is 1. The molecule has 0 aliphatic carbocycles. The normalized spacial score (nSPS) is 11.8. The lowest BCUT2D eigenvalue weighted by atomic mass is 10.1. The van der Waals surface area contributed by atoms with E-state index in [-0.39, 0.29) is 3.58 Å². The monoisotopic (exact) mass is 366 g/mol. The van der Waals surface area contributed by atoms with Gasteiger partial charge in [0, 0.05) is 6.92 Å². The molecule has 18 heavy (non-hydrogen) atoms. The molecular formula is C13H13F2IO2. The summed E-state index contributed by atoms with van der Waals surface area (Å²) in [6.07, 6.45) is -1.74. The van der Waals surface area contributed by atoms with Crippen LogP contribution in [0, 0.1) is 0 Å². The molecule has 98 valence electrons. The van der Waals surface area contributed by atoms with E-state index in [1.54, 1.807) is 0 Å². The number of hydrogen-bond acceptors (Lipinski definition) is 2. The van der Waals surface area contributed by atoms with Crippen molar-refractivity contribution in [2.75, 3.05) is 0 Å². The van der Waals surface area contributed by atoms with Gasteiger partial charge in [0.2, 0.25) is 0 Å². The first-order valence-corrected chi connectivity index (χ1v) is 6.50. The molecule has 1 atom stereocenters. The third-order valence-corrected chi connectivity index (χ3v) is 3.41. The summed E-state index contributed by atoms with van der Waals surface area (Å²) in [5, 5.41) is 0. The fraction of sp³-hybridized carbons (Fsp3) is 0.308. The van der Waals surface area contributed by atoms with E-state index in [2.05, 4.69) is 0 Å². The average molecular weight is 366 g/mol. The van der Waals surface area contributed by atoms with Gasteiger partial charge < -0.3 is 4.74 Å². The van der Waals surface area contributed by atoms with Crippen LogP contribution in [0.5, 0.6) is 0 Å². The van der Waals surface area contributed by atoms with E-state index in [9.17, 15) is 13.6 Å². The number of hydrogen-bond donors (Lipinski definition) is 0. The molecule has 0 aromatic heterocycles. The van der Waals surface area contributed by atoms with E-state index < -0.39 is 18.2 Å². The van der Waals surface area contributed by atoms with Gasteiger partial charge in [0.25, 0.3) is 6.08 Å². The number of aryl methyl sites for hydroxylation is 1. The smallest absolute Gasteiger partial charge is 0.303 e. The van der Waals surface area contributed by atoms with Crippen LogP contribution in [0.1, 0.15) is 18.9 Å². The minimum atomic E-state index is -1.80. The van der Waals surface area contributed by atoms with Crippen molar-refractivity contribution in [2.24, 2.45) is 0 Å². The fourth-order valence-corrected chi connectivity index (χ4v) is 1.94. The number of ether oxygens (including phenoxy) is 1. The fourth-order valence-electron chi connectivity index (χ4n) is 1.50. The molecule has 0 heterocycles. The standard InChI is InChI=1S/C13H13F2IO2/c1-9(17)18-11(12(16)13(14)15)8-7-10-5-3-2-4-6-10/h2-6,11H,7-8H2,1H3. The molecule has 0 amide bonds. The Morgan fingerprint density at radius 2 is 1.94 bits per heavy atom. The number of esters is 1. The molecule has 1 aromatic rings. The van der Waals surface area contributed by atoms with Crippen LogP contribution in [-0.4, -0.2) is 12.1 Å². The zero-order chi connectivity index (χ0) is 13.5. The minimum absolute atomic E-state index is 0.210. The predicted octanol–water partition coefficient (Wildman–Crippen LogP) is 4.09. The lowest BCUT2D eigenvalue weighted by Crippen LogP contribution is -2.18. The molecule has 0 N–H and O–H groups in total.